The zero-order chi connectivity index (χ0) is 15.6. The van der Waals surface area contributed by atoms with E-state index < -0.39 is 5.97 Å². The van der Waals surface area contributed by atoms with E-state index in [0.29, 0.717) is 19.0 Å². The van der Waals surface area contributed by atoms with Gasteiger partial charge in [-0.2, -0.15) is 5.10 Å². The van der Waals surface area contributed by atoms with Gasteiger partial charge in [-0.3, -0.25) is 14.4 Å². The van der Waals surface area contributed by atoms with Gasteiger partial charge in [0.25, 0.3) is 0 Å². The smallest absolute Gasteiger partial charge is 0.308 e. The molecule has 2 atom stereocenters. The maximum Gasteiger partial charge on any atom is 0.308 e. The average Bonchev–Trinajstić information content (AvgIpc) is 2.98. The minimum Gasteiger partial charge on any atom is -0.481 e. The Labute approximate surface area is 126 Å². The Bertz CT molecular complexity index is 522. The summed E-state index contributed by atoms with van der Waals surface area (Å²) in [4.78, 5) is 13.7. The Morgan fingerprint density at radius 3 is 2.81 bits per heavy atom. The van der Waals surface area contributed by atoms with Gasteiger partial charge in [-0.15, -0.1) is 6.58 Å². The molecule has 1 aliphatic rings. The van der Waals surface area contributed by atoms with Crippen molar-refractivity contribution in [1.29, 1.82) is 0 Å². The minimum absolute atomic E-state index is 0.228. The molecule has 0 unspecified atom stereocenters. The van der Waals surface area contributed by atoms with Gasteiger partial charge in [-0.1, -0.05) is 19.9 Å². The van der Waals surface area contributed by atoms with Gasteiger partial charge < -0.3 is 5.11 Å². The number of carbonyl (C=O) groups is 1. The molecule has 116 valence electrons. The van der Waals surface area contributed by atoms with Crippen LogP contribution in [0.5, 0.6) is 0 Å². The molecule has 5 nitrogen and oxygen atoms in total. The molecule has 1 aromatic rings. The van der Waals surface area contributed by atoms with Gasteiger partial charge >= 0.3 is 5.97 Å². The molecule has 0 aromatic carbocycles. The van der Waals surface area contributed by atoms with Gasteiger partial charge in [0.05, 0.1) is 18.7 Å². The summed E-state index contributed by atoms with van der Waals surface area (Å²) in [7, 11) is 0. The number of aromatic nitrogens is 2. The van der Waals surface area contributed by atoms with Crippen LogP contribution in [0, 0.1) is 24.7 Å². The van der Waals surface area contributed by atoms with Crippen molar-refractivity contribution < 1.29 is 9.90 Å². The Hall–Kier alpha value is -1.62. The van der Waals surface area contributed by atoms with E-state index >= 15 is 0 Å². The number of allylic oxidation sites excluding steroid dienone is 1. The summed E-state index contributed by atoms with van der Waals surface area (Å²) < 4.78 is 1.92. The summed E-state index contributed by atoms with van der Waals surface area (Å²) in [6, 6.07) is 0. The third kappa shape index (κ3) is 3.35. The van der Waals surface area contributed by atoms with Crippen LogP contribution in [-0.4, -0.2) is 38.8 Å². The van der Waals surface area contributed by atoms with Crippen LogP contribution >= 0.6 is 0 Å². The number of nitrogens with zero attached hydrogens (tertiary/aromatic N) is 3. The number of hydrogen-bond acceptors (Lipinski definition) is 3. The molecule has 1 aromatic heterocycles. The highest BCUT2D eigenvalue weighted by molar-refractivity contribution is 5.71. The van der Waals surface area contributed by atoms with Crippen LogP contribution in [0.2, 0.25) is 0 Å². The second-order valence-electron chi connectivity index (χ2n) is 6.27. The maximum absolute atomic E-state index is 11.4. The SMILES string of the molecule is C=CCn1ncc(CN2C[C@H](C(=O)O)[C@@H](C(C)C)C2)c1C. The largest absolute Gasteiger partial charge is 0.481 e. The maximum atomic E-state index is 11.4. The summed E-state index contributed by atoms with van der Waals surface area (Å²) in [6.45, 7) is 13.0. The van der Waals surface area contributed by atoms with Crippen LogP contribution in [0.4, 0.5) is 0 Å². The molecule has 0 aliphatic carbocycles. The fourth-order valence-corrected chi connectivity index (χ4v) is 3.17. The van der Waals surface area contributed by atoms with Crippen LogP contribution < -0.4 is 0 Å². The van der Waals surface area contributed by atoms with E-state index in [1.54, 1.807) is 0 Å². The Morgan fingerprint density at radius 1 is 1.57 bits per heavy atom. The first-order valence-electron chi connectivity index (χ1n) is 7.51. The van der Waals surface area contributed by atoms with Crippen molar-refractivity contribution >= 4 is 5.97 Å². The summed E-state index contributed by atoms with van der Waals surface area (Å²) in [5.74, 6) is -0.310. The third-order valence-corrected chi connectivity index (χ3v) is 4.52. The molecule has 1 N–H and O–H groups in total. The van der Waals surface area contributed by atoms with Gasteiger partial charge in [0.1, 0.15) is 0 Å². The number of carboxylic acids is 1. The van der Waals surface area contributed by atoms with Crippen LogP contribution in [0.3, 0.4) is 0 Å². The summed E-state index contributed by atoms with van der Waals surface area (Å²) in [5, 5.41) is 13.7. The molecule has 0 bridgehead atoms. The standard InChI is InChI=1S/C16H25N3O2/c1-5-6-19-12(4)13(7-17-19)8-18-9-14(11(2)3)15(10-18)16(20)21/h5,7,11,14-15H,1,6,8-10H2,2-4H3,(H,20,21)/t14-,15+/m1/s1. The van der Waals surface area contributed by atoms with Gasteiger partial charge in [0.2, 0.25) is 0 Å². The molecular weight excluding hydrogens is 266 g/mol. The molecule has 5 heteroatoms. The second-order valence-corrected chi connectivity index (χ2v) is 6.27. The van der Waals surface area contributed by atoms with Crippen LogP contribution in [0.25, 0.3) is 0 Å². The minimum atomic E-state index is -0.671. The predicted octanol–water partition coefficient (Wildman–Crippen LogP) is 2.17. The fourth-order valence-electron chi connectivity index (χ4n) is 3.17. The Kier molecular flexibility index (Phi) is 4.83. The van der Waals surface area contributed by atoms with E-state index in [9.17, 15) is 9.90 Å². The molecule has 1 aliphatic heterocycles. The van der Waals surface area contributed by atoms with E-state index in [-0.39, 0.29) is 11.8 Å². The average molecular weight is 291 g/mol. The van der Waals surface area contributed by atoms with Crippen LogP contribution in [0.1, 0.15) is 25.1 Å². The summed E-state index contributed by atoms with van der Waals surface area (Å²) in [6.07, 6.45) is 3.71. The van der Waals surface area contributed by atoms with Crippen molar-refractivity contribution in [3.05, 3.63) is 30.1 Å². The first kappa shape index (κ1) is 15.8. The highest BCUT2D eigenvalue weighted by Crippen LogP contribution is 2.31. The molecule has 0 amide bonds. The lowest BCUT2D eigenvalue weighted by Gasteiger charge is -2.18. The monoisotopic (exact) mass is 291 g/mol. The third-order valence-electron chi connectivity index (χ3n) is 4.52. The van der Waals surface area contributed by atoms with Gasteiger partial charge in [0.15, 0.2) is 0 Å². The zero-order valence-corrected chi connectivity index (χ0v) is 13.1. The van der Waals surface area contributed by atoms with Crippen molar-refractivity contribution in [2.24, 2.45) is 17.8 Å². The number of hydrogen-bond donors (Lipinski definition) is 1. The fraction of sp³-hybridized carbons (Fsp3) is 0.625. The molecule has 1 fully saturated rings. The lowest BCUT2D eigenvalue weighted by atomic mass is 9.86. The Morgan fingerprint density at radius 2 is 2.29 bits per heavy atom. The molecule has 1 saturated heterocycles. The number of carboxylic acid groups (broad SMARTS) is 1. The predicted molar refractivity (Wildman–Crippen MR) is 81.9 cm³/mol. The number of aliphatic carboxylic acids is 1. The quantitative estimate of drug-likeness (QED) is 0.816. The number of rotatable bonds is 6. The first-order chi connectivity index (χ1) is 9.93. The summed E-state index contributed by atoms with van der Waals surface area (Å²) in [5.41, 5.74) is 2.31. The lowest BCUT2D eigenvalue weighted by molar-refractivity contribution is -0.143. The normalized spacial score (nSPS) is 22.9. The molecule has 0 radical (unpaired) electrons. The zero-order valence-electron chi connectivity index (χ0n) is 13.1. The highest BCUT2D eigenvalue weighted by Gasteiger charge is 2.39. The molecular formula is C16H25N3O2. The van der Waals surface area contributed by atoms with E-state index in [2.05, 4.69) is 37.3 Å². The lowest BCUT2D eigenvalue weighted by Crippen LogP contribution is -2.25. The van der Waals surface area contributed by atoms with E-state index in [1.807, 2.05) is 17.0 Å². The highest BCUT2D eigenvalue weighted by atomic mass is 16.4. The topological polar surface area (TPSA) is 58.4 Å². The number of likely N-dealkylation sites (tertiary alicyclic amines) is 1. The van der Waals surface area contributed by atoms with Crippen molar-refractivity contribution in [1.82, 2.24) is 14.7 Å². The van der Waals surface area contributed by atoms with Crippen molar-refractivity contribution in [3.8, 4) is 0 Å². The van der Waals surface area contributed by atoms with Gasteiger partial charge in [-0.05, 0) is 18.8 Å². The summed E-state index contributed by atoms with van der Waals surface area (Å²) >= 11 is 0. The van der Waals surface area contributed by atoms with Crippen molar-refractivity contribution in [3.63, 3.8) is 0 Å². The van der Waals surface area contributed by atoms with Crippen molar-refractivity contribution in [2.75, 3.05) is 13.1 Å². The molecule has 2 rings (SSSR count). The Balaban J connectivity index is 2.07. The van der Waals surface area contributed by atoms with E-state index in [4.69, 9.17) is 0 Å². The van der Waals surface area contributed by atoms with Crippen LogP contribution in [-0.2, 0) is 17.9 Å². The molecule has 0 saturated carbocycles. The van der Waals surface area contributed by atoms with E-state index in [1.165, 1.54) is 5.56 Å². The van der Waals surface area contributed by atoms with Crippen LogP contribution in [0.15, 0.2) is 18.9 Å². The first-order valence-corrected chi connectivity index (χ1v) is 7.51. The van der Waals surface area contributed by atoms with Crippen molar-refractivity contribution in [2.45, 2.75) is 33.9 Å². The van der Waals surface area contributed by atoms with Gasteiger partial charge in [0, 0.05) is 30.9 Å². The molecule has 0 spiro atoms. The molecule has 21 heavy (non-hydrogen) atoms. The molecule has 2 heterocycles. The van der Waals surface area contributed by atoms with Gasteiger partial charge in [-0.25, -0.2) is 0 Å². The second kappa shape index (κ2) is 6.43. The van der Waals surface area contributed by atoms with E-state index in [0.717, 1.165) is 18.8 Å².